The van der Waals surface area contributed by atoms with Gasteiger partial charge in [0, 0.05) is 23.1 Å². The third-order valence-electron chi connectivity index (χ3n) is 2.40. The Balaban J connectivity index is 1.91. The van der Waals surface area contributed by atoms with Crippen LogP contribution in [0, 0.1) is 0 Å². The maximum absolute atomic E-state index is 11.7. The summed E-state index contributed by atoms with van der Waals surface area (Å²) in [6.07, 6.45) is 0.680. The van der Waals surface area contributed by atoms with Gasteiger partial charge in [0.15, 0.2) is 0 Å². The van der Waals surface area contributed by atoms with E-state index in [0.29, 0.717) is 18.7 Å². The van der Waals surface area contributed by atoms with Crippen LogP contribution in [0.15, 0.2) is 35.7 Å². The van der Waals surface area contributed by atoms with E-state index in [1.54, 1.807) is 17.4 Å². The van der Waals surface area contributed by atoms with Crippen LogP contribution >= 0.6 is 11.3 Å². The molecule has 0 aliphatic heterocycles. The molecular weight excluding hydrogens is 250 g/mol. The number of nitrogens with two attached hydrogens (primary N) is 1. The maximum atomic E-state index is 11.7. The fourth-order valence-electron chi connectivity index (χ4n) is 1.50. The molecule has 94 valence electrons. The van der Waals surface area contributed by atoms with Gasteiger partial charge in [-0.1, -0.05) is 6.07 Å². The van der Waals surface area contributed by atoms with Gasteiger partial charge >= 0.3 is 5.97 Å². The average Bonchev–Trinajstić information content (AvgIpc) is 2.81. The van der Waals surface area contributed by atoms with Crippen LogP contribution in [-0.4, -0.2) is 17.7 Å². The molecule has 0 bridgehead atoms. The van der Waals surface area contributed by atoms with Crippen molar-refractivity contribution in [3.05, 3.63) is 46.2 Å². The highest BCUT2D eigenvalue weighted by Gasteiger charge is 2.12. The van der Waals surface area contributed by atoms with E-state index in [9.17, 15) is 9.90 Å². The Labute approximate surface area is 109 Å². The number of benzene rings is 1. The molecule has 1 aromatic carbocycles. The van der Waals surface area contributed by atoms with Crippen molar-refractivity contribution in [2.75, 3.05) is 12.3 Å². The molecule has 0 saturated heterocycles. The molecule has 0 unspecified atom stereocenters. The van der Waals surface area contributed by atoms with Gasteiger partial charge in [0.1, 0.15) is 11.3 Å². The largest absolute Gasteiger partial charge is 0.507 e. The second-order valence-corrected chi connectivity index (χ2v) is 4.77. The molecule has 5 heteroatoms. The Morgan fingerprint density at radius 3 is 2.89 bits per heavy atom. The van der Waals surface area contributed by atoms with Crippen molar-refractivity contribution in [1.82, 2.24) is 0 Å². The van der Waals surface area contributed by atoms with Crippen molar-refractivity contribution in [2.24, 2.45) is 0 Å². The molecule has 0 spiro atoms. The molecule has 0 saturated carbocycles. The van der Waals surface area contributed by atoms with Gasteiger partial charge in [0.2, 0.25) is 0 Å². The topological polar surface area (TPSA) is 72.6 Å². The highest BCUT2D eigenvalue weighted by Crippen LogP contribution is 2.21. The third-order valence-corrected chi connectivity index (χ3v) is 3.34. The first kappa shape index (κ1) is 12.4. The predicted molar refractivity (Wildman–Crippen MR) is 70.8 cm³/mol. The van der Waals surface area contributed by atoms with Gasteiger partial charge < -0.3 is 15.6 Å². The van der Waals surface area contributed by atoms with Crippen LogP contribution in [0.2, 0.25) is 0 Å². The van der Waals surface area contributed by atoms with E-state index in [2.05, 4.69) is 0 Å². The predicted octanol–water partition coefficient (Wildman–Crippen LogP) is 2.44. The number of phenols is 1. The minimum atomic E-state index is -0.538. The first-order chi connectivity index (χ1) is 8.66. The minimum absolute atomic E-state index is 0.135. The van der Waals surface area contributed by atoms with E-state index in [-0.39, 0.29) is 11.3 Å². The summed E-state index contributed by atoms with van der Waals surface area (Å²) in [6, 6.07) is 8.27. The third kappa shape index (κ3) is 3.01. The maximum Gasteiger partial charge on any atom is 0.341 e. The molecule has 0 amide bonds. The van der Waals surface area contributed by atoms with Crippen LogP contribution in [-0.2, 0) is 11.2 Å². The fourth-order valence-corrected chi connectivity index (χ4v) is 2.19. The highest BCUT2D eigenvalue weighted by atomic mass is 32.1. The summed E-state index contributed by atoms with van der Waals surface area (Å²) >= 11 is 1.62. The second-order valence-electron chi connectivity index (χ2n) is 3.74. The molecule has 2 rings (SSSR count). The molecule has 1 aromatic heterocycles. The van der Waals surface area contributed by atoms with E-state index in [1.165, 1.54) is 12.1 Å². The number of nitrogen functional groups attached to an aromatic ring is 1. The lowest BCUT2D eigenvalue weighted by atomic mass is 10.2. The van der Waals surface area contributed by atoms with Gasteiger partial charge in [-0.15, -0.1) is 11.3 Å². The van der Waals surface area contributed by atoms with Crippen molar-refractivity contribution >= 4 is 23.0 Å². The van der Waals surface area contributed by atoms with Crippen LogP contribution in [0.4, 0.5) is 5.69 Å². The van der Waals surface area contributed by atoms with Crippen molar-refractivity contribution < 1.29 is 14.6 Å². The number of carbonyl (C=O) groups excluding carboxylic acids is 1. The molecular formula is C13H13NO3S. The number of hydrogen-bond acceptors (Lipinski definition) is 5. The molecule has 0 atom stereocenters. The van der Waals surface area contributed by atoms with Crippen LogP contribution < -0.4 is 5.73 Å². The standard InChI is InChI=1S/C13H13NO3S/c14-9-3-4-11(12(15)8-9)13(16)17-6-5-10-2-1-7-18-10/h1-4,7-8,15H,5-6,14H2. The summed E-state index contributed by atoms with van der Waals surface area (Å²) in [5.41, 5.74) is 6.02. The molecule has 3 N–H and O–H groups in total. The normalized spacial score (nSPS) is 10.2. The lowest BCUT2D eigenvalue weighted by Gasteiger charge is -2.06. The van der Waals surface area contributed by atoms with Gasteiger partial charge in [-0.3, -0.25) is 0 Å². The molecule has 0 aliphatic rings. The Morgan fingerprint density at radius 2 is 2.22 bits per heavy atom. The number of rotatable bonds is 4. The summed E-state index contributed by atoms with van der Waals surface area (Å²) in [7, 11) is 0. The number of aromatic hydroxyl groups is 1. The lowest BCUT2D eigenvalue weighted by Crippen LogP contribution is -2.08. The summed E-state index contributed by atoms with van der Waals surface area (Å²) in [5.74, 6) is -0.694. The van der Waals surface area contributed by atoms with Crippen LogP contribution in [0.5, 0.6) is 5.75 Å². The summed E-state index contributed by atoms with van der Waals surface area (Å²) in [4.78, 5) is 12.8. The SMILES string of the molecule is Nc1ccc(C(=O)OCCc2cccs2)c(O)c1. The Hall–Kier alpha value is -2.01. The van der Waals surface area contributed by atoms with Crippen molar-refractivity contribution in [3.63, 3.8) is 0 Å². The minimum Gasteiger partial charge on any atom is -0.507 e. The quantitative estimate of drug-likeness (QED) is 0.656. The van der Waals surface area contributed by atoms with Gasteiger partial charge in [-0.2, -0.15) is 0 Å². The Morgan fingerprint density at radius 1 is 1.39 bits per heavy atom. The molecule has 2 aromatic rings. The number of esters is 1. The molecule has 18 heavy (non-hydrogen) atoms. The summed E-state index contributed by atoms with van der Waals surface area (Å²) < 4.78 is 5.09. The fraction of sp³-hybridized carbons (Fsp3) is 0.154. The van der Waals surface area contributed by atoms with Crippen molar-refractivity contribution in [1.29, 1.82) is 0 Å². The number of ether oxygens (including phenoxy) is 1. The number of anilines is 1. The summed E-state index contributed by atoms with van der Waals surface area (Å²) in [6.45, 7) is 0.295. The van der Waals surface area contributed by atoms with E-state index in [1.807, 2.05) is 17.5 Å². The number of hydrogen-bond donors (Lipinski definition) is 2. The molecule has 0 aliphatic carbocycles. The van der Waals surface area contributed by atoms with Crippen molar-refractivity contribution in [3.8, 4) is 5.75 Å². The average molecular weight is 263 g/mol. The van der Waals surface area contributed by atoms with Gasteiger partial charge in [0.05, 0.1) is 6.61 Å². The zero-order valence-electron chi connectivity index (χ0n) is 9.63. The highest BCUT2D eigenvalue weighted by molar-refractivity contribution is 7.09. The molecule has 0 fully saturated rings. The van der Waals surface area contributed by atoms with Gasteiger partial charge in [-0.25, -0.2) is 4.79 Å². The smallest absolute Gasteiger partial charge is 0.341 e. The van der Waals surface area contributed by atoms with E-state index in [0.717, 1.165) is 4.88 Å². The zero-order chi connectivity index (χ0) is 13.0. The van der Waals surface area contributed by atoms with Crippen molar-refractivity contribution in [2.45, 2.75) is 6.42 Å². The Kier molecular flexibility index (Phi) is 3.84. The second kappa shape index (κ2) is 5.55. The number of phenolic OH excluding ortho intramolecular Hbond substituents is 1. The lowest BCUT2D eigenvalue weighted by molar-refractivity contribution is 0.0507. The van der Waals surface area contributed by atoms with Crippen LogP contribution in [0.1, 0.15) is 15.2 Å². The molecule has 0 radical (unpaired) electrons. The summed E-state index contributed by atoms with van der Waals surface area (Å²) in [5, 5.41) is 11.5. The van der Waals surface area contributed by atoms with E-state index < -0.39 is 5.97 Å². The first-order valence-corrected chi connectivity index (χ1v) is 6.33. The van der Waals surface area contributed by atoms with E-state index >= 15 is 0 Å². The Bertz CT molecular complexity index is 537. The monoisotopic (exact) mass is 263 g/mol. The van der Waals surface area contributed by atoms with Gasteiger partial charge in [-0.05, 0) is 23.6 Å². The number of thiophene rings is 1. The first-order valence-electron chi connectivity index (χ1n) is 5.45. The number of carbonyl (C=O) groups is 1. The van der Waals surface area contributed by atoms with Gasteiger partial charge in [0.25, 0.3) is 0 Å². The molecule has 1 heterocycles. The zero-order valence-corrected chi connectivity index (χ0v) is 10.4. The van der Waals surface area contributed by atoms with Crippen LogP contribution in [0.25, 0.3) is 0 Å². The van der Waals surface area contributed by atoms with Crippen LogP contribution in [0.3, 0.4) is 0 Å². The van der Waals surface area contributed by atoms with E-state index in [4.69, 9.17) is 10.5 Å². The molecule has 4 nitrogen and oxygen atoms in total.